The molecule has 0 saturated carbocycles. The van der Waals surface area contributed by atoms with E-state index in [2.05, 4.69) is 10.3 Å². The molecule has 2 N–H and O–H groups in total. The van der Waals surface area contributed by atoms with Gasteiger partial charge in [0.15, 0.2) is 0 Å². The number of hydrogen-bond acceptors (Lipinski definition) is 4. The first-order valence-corrected chi connectivity index (χ1v) is 8.91. The normalized spacial score (nSPS) is 16.6. The third-order valence-electron chi connectivity index (χ3n) is 4.61. The van der Waals surface area contributed by atoms with Crippen molar-refractivity contribution in [2.75, 3.05) is 13.1 Å². The zero-order valence-corrected chi connectivity index (χ0v) is 14.8. The molecule has 0 spiro atoms. The summed E-state index contributed by atoms with van der Waals surface area (Å²) in [5.74, 6) is -1.66. The number of carboxylic acids is 1. The highest BCUT2D eigenvalue weighted by Gasteiger charge is 2.29. The van der Waals surface area contributed by atoms with Crippen LogP contribution in [0.25, 0.3) is 0 Å². The predicted octanol–water partition coefficient (Wildman–Crippen LogP) is 2.20. The molecule has 0 aliphatic carbocycles. The van der Waals surface area contributed by atoms with Crippen molar-refractivity contribution in [1.82, 2.24) is 15.2 Å². The second-order valence-corrected chi connectivity index (χ2v) is 6.44. The van der Waals surface area contributed by atoms with Crippen molar-refractivity contribution in [2.45, 2.75) is 25.3 Å². The lowest BCUT2D eigenvalue weighted by Crippen LogP contribution is -2.49. The number of benzene rings is 1. The summed E-state index contributed by atoms with van der Waals surface area (Å²) in [4.78, 5) is 41.8. The van der Waals surface area contributed by atoms with Crippen molar-refractivity contribution in [1.29, 1.82) is 0 Å². The Labute approximate surface area is 157 Å². The third-order valence-corrected chi connectivity index (χ3v) is 4.61. The van der Waals surface area contributed by atoms with Crippen LogP contribution in [0, 0.1) is 0 Å². The fraction of sp³-hybridized carbons (Fsp3) is 0.300. The van der Waals surface area contributed by atoms with Crippen molar-refractivity contribution < 1.29 is 19.5 Å². The van der Waals surface area contributed by atoms with Crippen LogP contribution in [0.5, 0.6) is 0 Å². The van der Waals surface area contributed by atoms with Gasteiger partial charge in [-0.25, -0.2) is 9.78 Å². The molecule has 1 atom stereocenters. The maximum Gasteiger partial charge on any atom is 0.354 e. The number of nitrogens with zero attached hydrogens (tertiary/aromatic N) is 2. The van der Waals surface area contributed by atoms with Crippen LogP contribution in [-0.2, 0) is 0 Å². The summed E-state index contributed by atoms with van der Waals surface area (Å²) in [6, 6.07) is 13.2. The average molecular weight is 367 g/mol. The Kier molecular flexibility index (Phi) is 5.80. The summed E-state index contributed by atoms with van der Waals surface area (Å²) in [5, 5.41) is 12.0. The fourth-order valence-corrected chi connectivity index (χ4v) is 3.20. The van der Waals surface area contributed by atoms with E-state index in [0.29, 0.717) is 18.7 Å². The minimum absolute atomic E-state index is 0.108. The molecule has 0 radical (unpaired) electrons. The van der Waals surface area contributed by atoms with Crippen LogP contribution in [0.2, 0.25) is 0 Å². The summed E-state index contributed by atoms with van der Waals surface area (Å²) in [6.45, 7) is 0.905. The molecule has 1 fully saturated rings. The van der Waals surface area contributed by atoms with E-state index in [-0.39, 0.29) is 29.2 Å². The number of amides is 2. The van der Waals surface area contributed by atoms with Crippen molar-refractivity contribution in [3.05, 3.63) is 65.5 Å². The van der Waals surface area contributed by atoms with Gasteiger partial charge in [0.05, 0.1) is 0 Å². The topological polar surface area (TPSA) is 99.6 Å². The van der Waals surface area contributed by atoms with Gasteiger partial charge in [-0.05, 0) is 43.5 Å². The molecule has 1 aliphatic rings. The van der Waals surface area contributed by atoms with Gasteiger partial charge < -0.3 is 15.3 Å². The maximum atomic E-state index is 12.9. The van der Waals surface area contributed by atoms with Crippen molar-refractivity contribution in [3.8, 4) is 0 Å². The zero-order valence-electron chi connectivity index (χ0n) is 14.8. The molecule has 7 heteroatoms. The molecule has 0 bridgehead atoms. The van der Waals surface area contributed by atoms with Gasteiger partial charge in [-0.2, -0.15) is 0 Å². The maximum absolute atomic E-state index is 12.9. The van der Waals surface area contributed by atoms with Gasteiger partial charge in [0.25, 0.3) is 11.8 Å². The minimum atomic E-state index is -1.17. The van der Waals surface area contributed by atoms with Gasteiger partial charge in [-0.15, -0.1) is 0 Å². The second kappa shape index (κ2) is 8.44. The van der Waals surface area contributed by atoms with Crippen LogP contribution in [0.3, 0.4) is 0 Å². The largest absolute Gasteiger partial charge is 0.477 e. The highest BCUT2D eigenvalue weighted by atomic mass is 16.4. The lowest BCUT2D eigenvalue weighted by molar-refractivity contribution is 0.0596. The van der Waals surface area contributed by atoms with Gasteiger partial charge in [0.2, 0.25) is 0 Å². The van der Waals surface area contributed by atoms with E-state index in [1.807, 2.05) is 6.07 Å². The lowest BCUT2D eigenvalue weighted by Gasteiger charge is -2.35. The van der Waals surface area contributed by atoms with Crippen molar-refractivity contribution in [2.24, 2.45) is 0 Å². The summed E-state index contributed by atoms with van der Waals surface area (Å²) in [7, 11) is 0. The molecule has 2 heterocycles. The Balaban J connectivity index is 1.69. The Morgan fingerprint density at radius 1 is 1.04 bits per heavy atom. The molecular formula is C20H21N3O4. The van der Waals surface area contributed by atoms with Crippen LogP contribution < -0.4 is 5.32 Å². The highest BCUT2D eigenvalue weighted by Crippen LogP contribution is 2.19. The Morgan fingerprint density at radius 3 is 2.52 bits per heavy atom. The number of carbonyl (C=O) groups excluding carboxylic acids is 2. The average Bonchev–Trinajstić information content (AvgIpc) is 2.72. The van der Waals surface area contributed by atoms with Crippen LogP contribution in [0.15, 0.2) is 48.5 Å². The van der Waals surface area contributed by atoms with Gasteiger partial charge in [-0.1, -0.05) is 24.3 Å². The van der Waals surface area contributed by atoms with E-state index >= 15 is 0 Å². The summed E-state index contributed by atoms with van der Waals surface area (Å²) >= 11 is 0. The summed E-state index contributed by atoms with van der Waals surface area (Å²) in [5.41, 5.74) is 0.519. The van der Waals surface area contributed by atoms with E-state index in [1.54, 1.807) is 29.2 Å². The molecule has 1 saturated heterocycles. The molecule has 1 aromatic heterocycles. The monoisotopic (exact) mass is 367 g/mol. The fourth-order valence-electron chi connectivity index (χ4n) is 3.20. The number of hydrogen-bond donors (Lipinski definition) is 2. The number of pyridine rings is 1. The van der Waals surface area contributed by atoms with Crippen LogP contribution in [-0.4, -0.2) is 51.9 Å². The highest BCUT2D eigenvalue weighted by molar-refractivity contribution is 5.95. The summed E-state index contributed by atoms with van der Waals surface area (Å²) < 4.78 is 0. The number of likely N-dealkylation sites (tertiary alicyclic amines) is 1. The number of carboxylic acid groups (broad SMARTS) is 1. The van der Waals surface area contributed by atoms with E-state index in [1.165, 1.54) is 18.2 Å². The minimum Gasteiger partial charge on any atom is -0.477 e. The Morgan fingerprint density at radius 2 is 1.78 bits per heavy atom. The first kappa shape index (κ1) is 18.6. The van der Waals surface area contributed by atoms with Gasteiger partial charge in [-0.3, -0.25) is 9.59 Å². The van der Waals surface area contributed by atoms with Crippen LogP contribution in [0.4, 0.5) is 0 Å². The number of nitrogens with one attached hydrogen (secondary N) is 1. The van der Waals surface area contributed by atoms with Crippen molar-refractivity contribution >= 4 is 17.8 Å². The molecule has 3 rings (SSSR count). The van der Waals surface area contributed by atoms with Gasteiger partial charge in [0.1, 0.15) is 11.4 Å². The number of aromatic nitrogens is 1. The first-order valence-electron chi connectivity index (χ1n) is 8.91. The number of piperidine rings is 1. The standard InChI is InChI=1S/C20H21N3O4/c24-18(14-7-2-1-3-8-14)21-13-15-9-4-5-12-23(15)19(25)16-10-6-11-17(22-16)20(26)27/h1-3,6-8,10-11,15H,4-5,9,12-13H2,(H,21,24)(H,26,27). The molecule has 2 amide bonds. The van der Waals surface area contributed by atoms with E-state index in [4.69, 9.17) is 5.11 Å². The molecule has 1 aromatic carbocycles. The SMILES string of the molecule is O=C(NCC1CCCCN1C(=O)c1cccc(C(=O)O)n1)c1ccccc1. The van der Waals surface area contributed by atoms with Crippen LogP contribution in [0.1, 0.15) is 50.6 Å². The molecule has 7 nitrogen and oxygen atoms in total. The zero-order chi connectivity index (χ0) is 19.2. The van der Waals surface area contributed by atoms with Gasteiger partial charge in [0, 0.05) is 24.7 Å². The van der Waals surface area contributed by atoms with Gasteiger partial charge >= 0.3 is 5.97 Å². The molecule has 1 unspecified atom stereocenters. The second-order valence-electron chi connectivity index (χ2n) is 6.44. The Hall–Kier alpha value is -3.22. The number of carbonyl (C=O) groups is 3. The van der Waals surface area contributed by atoms with E-state index in [0.717, 1.165) is 19.3 Å². The molecule has 2 aromatic rings. The molecule has 140 valence electrons. The molecule has 1 aliphatic heterocycles. The predicted molar refractivity (Wildman–Crippen MR) is 98.6 cm³/mol. The summed E-state index contributed by atoms with van der Waals surface area (Å²) in [6.07, 6.45) is 2.62. The smallest absolute Gasteiger partial charge is 0.354 e. The van der Waals surface area contributed by atoms with E-state index in [9.17, 15) is 14.4 Å². The lowest BCUT2D eigenvalue weighted by atomic mass is 10.0. The molecular weight excluding hydrogens is 346 g/mol. The third kappa shape index (κ3) is 4.49. The quantitative estimate of drug-likeness (QED) is 0.844. The number of rotatable bonds is 5. The molecule has 27 heavy (non-hydrogen) atoms. The first-order chi connectivity index (χ1) is 13.1. The number of aromatic carboxylic acids is 1. The Bertz CT molecular complexity index is 838. The van der Waals surface area contributed by atoms with Crippen LogP contribution >= 0.6 is 0 Å². The van der Waals surface area contributed by atoms with Crippen molar-refractivity contribution in [3.63, 3.8) is 0 Å². The van der Waals surface area contributed by atoms with E-state index < -0.39 is 5.97 Å².